The van der Waals surface area contributed by atoms with Gasteiger partial charge in [0.1, 0.15) is 13.2 Å². The van der Waals surface area contributed by atoms with Crippen LogP contribution in [0.25, 0.3) is 11.0 Å². The van der Waals surface area contributed by atoms with Crippen LogP contribution in [0.2, 0.25) is 0 Å². The number of nitrogens with zero attached hydrogens (tertiary/aromatic N) is 3. The molecule has 0 saturated heterocycles. The minimum absolute atomic E-state index is 0.358. The summed E-state index contributed by atoms with van der Waals surface area (Å²) in [5.74, 6) is -0.550. The molecule has 0 fully saturated rings. The normalized spacial score (nSPS) is 10.8. The number of pyridine rings is 1. The molecule has 4 nitrogen and oxygen atoms in total. The summed E-state index contributed by atoms with van der Waals surface area (Å²) in [6.07, 6.45) is 2.33. The van der Waals surface area contributed by atoms with Gasteiger partial charge in [0.25, 0.3) is 0 Å². The topological polar surface area (TPSA) is 44.8 Å². The summed E-state index contributed by atoms with van der Waals surface area (Å²) in [4.78, 5) is 0. The molecule has 0 bridgehead atoms. The van der Waals surface area contributed by atoms with E-state index in [2.05, 4.69) is 5.10 Å². The van der Waals surface area contributed by atoms with E-state index in [4.69, 9.17) is 0 Å². The fourth-order valence-corrected chi connectivity index (χ4v) is 1.18. The van der Waals surface area contributed by atoms with E-state index in [1.54, 1.807) is 7.05 Å². The Morgan fingerprint density at radius 2 is 2.42 bits per heavy atom. The van der Waals surface area contributed by atoms with Crippen molar-refractivity contribution in [2.45, 2.75) is 0 Å². The lowest BCUT2D eigenvalue weighted by molar-refractivity contribution is -0.582. The highest BCUT2D eigenvalue weighted by atomic mass is 19.1. The van der Waals surface area contributed by atoms with Gasteiger partial charge in [-0.2, -0.15) is 0 Å². The molecule has 0 N–H and O–H groups in total. The maximum atomic E-state index is 12.6. The van der Waals surface area contributed by atoms with Gasteiger partial charge in [-0.05, 0) is 6.07 Å². The zero-order chi connectivity index (χ0) is 8.72. The second-order valence-corrected chi connectivity index (χ2v) is 2.53. The highest BCUT2D eigenvalue weighted by molar-refractivity contribution is 5.71. The van der Waals surface area contributed by atoms with Crippen LogP contribution in [-0.4, -0.2) is 9.78 Å². The molecule has 0 aliphatic rings. The van der Waals surface area contributed by atoms with Crippen molar-refractivity contribution in [3.05, 3.63) is 29.5 Å². The summed E-state index contributed by atoms with van der Waals surface area (Å²) in [5, 5.41) is 15.4. The lowest BCUT2D eigenvalue weighted by atomic mass is 10.3. The van der Waals surface area contributed by atoms with Crippen LogP contribution in [0.5, 0.6) is 0 Å². The fourth-order valence-electron chi connectivity index (χ4n) is 1.18. The SMILES string of the molecule is Cn1ncc2cc(F)c[n+]([O-])c21. The highest BCUT2D eigenvalue weighted by Gasteiger charge is 2.10. The summed E-state index contributed by atoms with van der Waals surface area (Å²) in [7, 11) is 1.63. The van der Waals surface area contributed by atoms with E-state index in [1.807, 2.05) is 0 Å². The quantitative estimate of drug-likeness (QED) is 0.419. The Hall–Kier alpha value is -1.65. The van der Waals surface area contributed by atoms with Crippen LogP contribution < -0.4 is 4.73 Å². The smallest absolute Gasteiger partial charge is 0.314 e. The maximum Gasteiger partial charge on any atom is 0.314 e. The van der Waals surface area contributed by atoms with E-state index in [9.17, 15) is 9.60 Å². The predicted molar refractivity (Wildman–Crippen MR) is 39.6 cm³/mol. The summed E-state index contributed by atoms with van der Waals surface area (Å²) >= 11 is 0. The first-order valence-corrected chi connectivity index (χ1v) is 3.39. The predicted octanol–water partition coefficient (Wildman–Crippen LogP) is 0.346. The van der Waals surface area contributed by atoms with E-state index in [1.165, 1.54) is 16.9 Å². The van der Waals surface area contributed by atoms with Gasteiger partial charge < -0.3 is 5.21 Å². The summed E-state index contributed by atoms with van der Waals surface area (Å²) in [6.45, 7) is 0. The molecular formula is C7H6FN3O. The van der Waals surface area contributed by atoms with Crippen molar-refractivity contribution in [2.75, 3.05) is 0 Å². The number of aryl methyl sites for hydroxylation is 1. The zero-order valence-corrected chi connectivity index (χ0v) is 6.36. The van der Waals surface area contributed by atoms with Crippen LogP contribution in [0.3, 0.4) is 0 Å². The Morgan fingerprint density at radius 1 is 1.67 bits per heavy atom. The molecule has 12 heavy (non-hydrogen) atoms. The van der Waals surface area contributed by atoms with Gasteiger partial charge in [0.05, 0.1) is 11.6 Å². The molecule has 0 aromatic carbocycles. The van der Waals surface area contributed by atoms with Gasteiger partial charge in [0, 0.05) is 0 Å². The molecule has 0 saturated carbocycles. The number of fused-ring (bicyclic) bond motifs is 1. The lowest BCUT2D eigenvalue weighted by Crippen LogP contribution is -2.29. The van der Waals surface area contributed by atoms with Crippen molar-refractivity contribution >= 4 is 11.0 Å². The number of halogens is 1. The van der Waals surface area contributed by atoms with Crippen LogP contribution in [0.1, 0.15) is 0 Å². The van der Waals surface area contributed by atoms with Crippen molar-refractivity contribution in [3.8, 4) is 0 Å². The molecule has 2 rings (SSSR count). The Bertz CT molecular complexity index is 437. The fraction of sp³-hybridized carbons (Fsp3) is 0.143. The van der Waals surface area contributed by atoms with Gasteiger partial charge >= 0.3 is 5.65 Å². The molecule has 2 aromatic heterocycles. The summed E-state index contributed by atoms with van der Waals surface area (Å²) in [5.41, 5.74) is 0.358. The first-order valence-electron chi connectivity index (χ1n) is 3.39. The Labute approximate surface area is 67.4 Å². The van der Waals surface area contributed by atoms with E-state index >= 15 is 0 Å². The van der Waals surface area contributed by atoms with Crippen molar-refractivity contribution in [2.24, 2.45) is 7.05 Å². The standard InChI is InChI=1S/C7H6FN3O/c1-10-7-5(3-9-10)2-6(8)4-11(7)12/h2-4H,1H3. The van der Waals surface area contributed by atoms with Gasteiger partial charge in [0.15, 0.2) is 5.82 Å². The molecular weight excluding hydrogens is 161 g/mol. The molecule has 0 aliphatic carbocycles. The molecule has 2 heterocycles. The van der Waals surface area contributed by atoms with E-state index in [-0.39, 0.29) is 0 Å². The second kappa shape index (κ2) is 2.17. The van der Waals surface area contributed by atoms with Crippen molar-refractivity contribution < 1.29 is 9.12 Å². The van der Waals surface area contributed by atoms with Crippen LogP contribution >= 0.6 is 0 Å². The molecule has 0 unspecified atom stereocenters. The molecule has 0 atom stereocenters. The van der Waals surface area contributed by atoms with E-state index < -0.39 is 5.82 Å². The number of hydrogen-bond donors (Lipinski definition) is 0. The first kappa shape index (κ1) is 7.02. The lowest BCUT2D eigenvalue weighted by Gasteiger charge is -2.01. The molecule has 0 radical (unpaired) electrons. The maximum absolute atomic E-state index is 12.6. The van der Waals surface area contributed by atoms with Gasteiger partial charge in [-0.3, -0.25) is 0 Å². The van der Waals surface area contributed by atoms with Crippen molar-refractivity contribution in [1.82, 2.24) is 9.78 Å². The van der Waals surface area contributed by atoms with Crippen molar-refractivity contribution in [3.63, 3.8) is 0 Å². The minimum atomic E-state index is -0.550. The molecule has 0 amide bonds. The summed E-state index contributed by atoms with van der Waals surface area (Å²) in [6, 6.07) is 1.27. The molecule has 0 aliphatic heterocycles. The minimum Gasteiger partial charge on any atom is -0.710 e. The average molecular weight is 167 g/mol. The van der Waals surface area contributed by atoms with E-state index in [0.717, 1.165) is 6.20 Å². The van der Waals surface area contributed by atoms with Crippen LogP contribution in [-0.2, 0) is 7.05 Å². The Balaban J connectivity index is 2.93. The third-order valence-electron chi connectivity index (χ3n) is 1.68. The third kappa shape index (κ3) is 0.827. The molecule has 62 valence electrons. The third-order valence-corrected chi connectivity index (χ3v) is 1.68. The summed E-state index contributed by atoms with van der Waals surface area (Å²) < 4.78 is 14.5. The molecule has 5 heteroatoms. The van der Waals surface area contributed by atoms with Gasteiger partial charge in [0.2, 0.25) is 0 Å². The van der Waals surface area contributed by atoms with Crippen LogP contribution in [0, 0.1) is 11.0 Å². The monoisotopic (exact) mass is 167 g/mol. The van der Waals surface area contributed by atoms with Gasteiger partial charge in [-0.1, -0.05) is 5.10 Å². The van der Waals surface area contributed by atoms with Crippen LogP contribution in [0.15, 0.2) is 18.5 Å². The zero-order valence-electron chi connectivity index (χ0n) is 6.36. The van der Waals surface area contributed by atoms with Crippen molar-refractivity contribution in [1.29, 1.82) is 0 Å². The Morgan fingerprint density at radius 3 is 3.17 bits per heavy atom. The van der Waals surface area contributed by atoms with Gasteiger partial charge in [-0.25, -0.2) is 9.12 Å². The first-order chi connectivity index (χ1) is 5.68. The second-order valence-electron chi connectivity index (χ2n) is 2.53. The Kier molecular flexibility index (Phi) is 1.27. The number of hydrogen-bond acceptors (Lipinski definition) is 2. The number of aromatic nitrogens is 3. The van der Waals surface area contributed by atoms with Crippen LogP contribution in [0.4, 0.5) is 4.39 Å². The van der Waals surface area contributed by atoms with E-state index in [0.29, 0.717) is 15.8 Å². The highest BCUT2D eigenvalue weighted by Crippen LogP contribution is 2.08. The average Bonchev–Trinajstić information content (AvgIpc) is 2.31. The number of rotatable bonds is 0. The molecule has 2 aromatic rings. The molecule has 0 spiro atoms. The van der Waals surface area contributed by atoms with Gasteiger partial charge in [-0.15, -0.1) is 4.68 Å². The largest absolute Gasteiger partial charge is 0.710 e.